The molecule has 11 heteroatoms. The fourth-order valence-corrected chi connectivity index (χ4v) is 2.87. The minimum absolute atomic E-state index is 0.0177. The van der Waals surface area contributed by atoms with Gasteiger partial charge in [-0.05, 0) is 44.5 Å². The molecule has 2 rings (SSSR count). The molecule has 1 amide bonds. The van der Waals surface area contributed by atoms with E-state index in [0.29, 0.717) is 11.3 Å². The average molecular weight is 445 g/mol. The normalized spacial score (nSPS) is 11.7. The molecule has 162 valence electrons. The minimum atomic E-state index is -3.04. The van der Waals surface area contributed by atoms with E-state index in [0.717, 1.165) is 0 Å². The van der Waals surface area contributed by atoms with Gasteiger partial charge in [0.15, 0.2) is 6.10 Å². The summed E-state index contributed by atoms with van der Waals surface area (Å²) in [5, 5.41) is 2.32. The summed E-state index contributed by atoms with van der Waals surface area (Å²) in [6.07, 6.45) is -1.21. The minimum Gasteiger partial charge on any atom is -0.465 e. The molecule has 30 heavy (non-hydrogen) atoms. The van der Waals surface area contributed by atoms with Gasteiger partial charge in [0.05, 0.1) is 17.7 Å². The van der Waals surface area contributed by atoms with Crippen LogP contribution in [-0.2, 0) is 14.3 Å². The zero-order valence-corrected chi connectivity index (χ0v) is 17.2. The summed E-state index contributed by atoms with van der Waals surface area (Å²) in [5.74, 6) is -2.38. The van der Waals surface area contributed by atoms with Gasteiger partial charge in [-0.1, -0.05) is 11.6 Å². The van der Waals surface area contributed by atoms with Gasteiger partial charge in [0.25, 0.3) is 5.91 Å². The molecular weight excluding hydrogens is 426 g/mol. The molecule has 0 spiro atoms. The van der Waals surface area contributed by atoms with Crippen molar-refractivity contribution in [1.29, 1.82) is 0 Å². The van der Waals surface area contributed by atoms with Crippen LogP contribution < -0.4 is 10.1 Å². The van der Waals surface area contributed by atoms with Crippen LogP contribution in [0.4, 0.5) is 14.5 Å². The molecule has 8 nitrogen and oxygen atoms in total. The van der Waals surface area contributed by atoms with E-state index in [-0.39, 0.29) is 27.7 Å². The van der Waals surface area contributed by atoms with E-state index < -0.39 is 30.6 Å². The second-order valence-electron chi connectivity index (χ2n) is 6.18. The van der Waals surface area contributed by atoms with Gasteiger partial charge < -0.3 is 24.5 Å². The number of hydrogen-bond acceptors (Lipinski definition) is 6. The summed E-state index contributed by atoms with van der Waals surface area (Å²) in [4.78, 5) is 39.3. The number of nitrogens with one attached hydrogen (secondary N) is 2. The van der Waals surface area contributed by atoms with Gasteiger partial charge in [0.1, 0.15) is 11.4 Å². The van der Waals surface area contributed by atoms with Crippen LogP contribution in [0.3, 0.4) is 0 Å². The van der Waals surface area contributed by atoms with E-state index in [1.807, 2.05) is 0 Å². The SMILES string of the molecule is COC(=O)c1c(C)[nH]c(C(=O)OC(C)C(=O)Nc2ccc(OC(F)F)c(Cl)c2)c1C. The first-order chi connectivity index (χ1) is 14.0. The number of anilines is 1. The van der Waals surface area contributed by atoms with E-state index in [1.165, 1.54) is 32.2 Å². The number of carbonyl (C=O) groups excluding carboxylic acids is 3. The highest BCUT2D eigenvalue weighted by molar-refractivity contribution is 6.32. The molecule has 1 aromatic carbocycles. The standard InChI is InChI=1S/C19H19ClF2N2O6/c1-8-14(17(26)28-4)9(2)23-15(8)18(27)29-10(3)16(25)24-11-5-6-13(12(20)7-11)30-19(21)22/h5-7,10,19,23H,1-4H3,(H,24,25). The van der Waals surface area contributed by atoms with Gasteiger partial charge in [-0.25, -0.2) is 9.59 Å². The third-order valence-electron chi connectivity index (χ3n) is 4.10. The Kier molecular flexibility index (Phi) is 7.38. The molecule has 0 bridgehead atoms. The number of carbonyl (C=O) groups is 3. The lowest BCUT2D eigenvalue weighted by molar-refractivity contribution is -0.123. The van der Waals surface area contributed by atoms with Crippen LogP contribution in [-0.4, -0.2) is 42.7 Å². The van der Waals surface area contributed by atoms with Crippen LogP contribution in [0.2, 0.25) is 5.02 Å². The topological polar surface area (TPSA) is 107 Å². The molecule has 1 aromatic heterocycles. The number of aromatic nitrogens is 1. The van der Waals surface area contributed by atoms with Crippen LogP contribution in [0, 0.1) is 13.8 Å². The van der Waals surface area contributed by atoms with Crippen molar-refractivity contribution in [2.75, 3.05) is 12.4 Å². The molecule has 2 N–H and O–H groups in total. The largest absolute Gasteiger partial charge is 0.465 e. The summed E-state index contributed by atoms with van der Waals surface area (Å²) >= 11 is 5.84. The summed E-state index contributed by atoms with van der Waals surface area (Å²) in [7, 11) is 1.22. The van der Waals surface area contributed by atoms with E-state index in [2.05, 4.69) is 19.8 Å². The average Bonchev–Trinajstić information content (AvgIpc) is 2.97. The third-order valence-corrected chi connectivity index (χ3v) is 4.40. The number of methoxy groups -OCH3 is 1. The monoisotopic (exact) mass is 444 g/mol. The number of aryl methyl sites for hydroxylation is 1. The van der Waals surface area contributed by atoms with Crippen molar-refractivity contribution >= 4 is 35.1 Å². The number of halogens is 3. The molecule has 0 aliphatic heterocycles. The predicted molar refractivity (Wildman–Crippen MR) is 103 cm³/mol. The van der Waals surface area contributed by atoms with Crippen LogP contribution in [0.15, 0.2) is 18.2 Å². The molecule has 2 aromatic rings. The quantitative estimate of drug-likeness (QED) is 0.628. The molecular formula is C19H19ClF2N2O6. The van der Waals surface area contributed by atoms with E-state index in [1.54, 1.807) is 13.8 Å². The molecule has 0 saturated carbocycles. The van der Waals surface area contributed by atoms with Gasteiger partial charge in [0, 0.05) is 11.4 Å². The molecule has 1 atom stereocenters. The fourth-order valence-electron chi connectivity index (χ4n) is 2.65. The summed E-state index contributed by atoms with van der Waals surface area (Å²) in [6, 6.07) is 3.68. The molecule has 1 heterocycles. The number of aromatic amines is 1. The van der Waals surface area contributed by atoms with Crippen LogP contribution in [0.5, 0.6) is 5.75 Å². The van der Waals surface area contributed by atoms with Crippen LogP contribution in [0.25, 0.3) is 0 Å². The number of H-pyrrole nitrogens is 1. The van der Waals surface area contributed by atoms with Crippen molar-refractivity contribution in [3.63, 3.8) is 0 Å². The number of rotatable bonds is 7. The van der Waals surface area contributed by atoms with Crippen molar-refractivity contribution in [2.24, 2.45) is 0 Å². The van der Waals surface area contributed by atoms with Gasteiger partial charge in [-0.15, -0.1) is 0 Å². The predicted octanol–water partition coefficient (Wildman–Crippen LogP) is 3.86. The Morgan fingerprint density at radius 2 is 1.83 bits per heavy atom. The fraction of sp³-hybridized carbons (Fsp3) is 0.316. The lowest BCUT2D eigenvalue weighted by Gasteiger charge is -2.14. The maximum atomic E-state index is 12.4. The second kappa shape index (κ2) is 9.57. The molecule has 0 saturated heterocycles. The van der Waals surface area contributed by atoms with E-state index >= 15 is 0 Å². The maximum absolute atomic E-state index is 12.4. The first-order valence-corrected chi connectivity index (χ1v) is 8.96. The van der Waals surface area contributed by atoms with Crippen molar-refractivity contribution < 1.29 is 37.4 Å². The smallest absolute Gasteiger partial charge is 0.387 e. The second-order valence-corrected chi connectivity index (χ2v) is 6.58. The Morgan fingerprint density at radius 1 is 1.17 bits per heavy atom. The Bertz CT molecular complexity index is 976. The van der Waals surface area contributed by atoms with Crippen molar-refractivity contribution in [3.05, 3.63) is 45.7 Å². The Morgan fingerprint density at radius 3 is 2.40 bits per heavy atom. The zero-order chi connectivity index (χ0) is 22.6. The lowest BCUT2D eigenvalue weighted by atomic mass is 10.1. The molecule has 0 fully saturated rings. The van der Waals surface area contributed by atoms with Crippen LogP contribution in [0.1, 0.15) is 39.0 Å². The molecule has 0 aliphatic carbocycles. The number of amides is 1. The van der Waals surface area contributed by atoms with Gasteiger partial charge in [-0.3, -0.25) is 4.79 Å². The van der Waals surface area contributed by atoms with Gasteiger partial charge in [0.2, 0.25) is 0 Å². The summed E-state index contributed by atoms with van der Waals surface area (Å²) in [5.41, 5.74) is 1.17. The Labute approximate surface area is 175 Å². The lowest BCUT2D eigenvalue weighted by Crippen LogP contribution is -2.30. The Hall–Kier alpha value is -3.14. The number of esters is 2. The number of benzene rings is 1. The van der Waals surface area contributed by atoms with Gasteiger partial charge >= 0.3 is 18.6 Å². The molecule has 0 aliphatic rings. The zero-order valence-electron chi connectivity index (χ0n) is 16.5. The molecule has 0 radical (unpaired) electrons. The van der Waals surface area contributed by atoms with Crippen molar-refractivity contribution in [2.45, 2.75) is 33.5 Å². The Balaban J connectivity index is 2.07. The van der Waals surface area contributed by atoms with Gasteiger partial charge in [-0.2, -0.15) is 8.78 Å². The highest BCUT2D eigenvalue weighted by Gasteiger charge is 2.26. The van der Waals surface area contributed by atoms with E-state index in [9.17, 15) is 23.2 Å². The third kappa shape index (κ3) is 5.26. The van der Waals surface area contributed by atoms with Crippen LogP contribution >= 0.6 is 11.6 Å². The summed E-state index contributed by atoms with van der Waals surface area (Å²) < 4.78 is 38.6. The van der Waals surface area contributed by atoms with E-state index in [4.69, 9.17) is 16.3 Å². The number of ether oxygens (including phenoxy) is 3. The first kappa shape index (κ1) is 23.1. The first-order valence-electron chi connectivity index (χ1n) is 8.58. The molecule has 1 unspecified atom stereocenters. The highest BCUT2D eigenvalue weighted by atomic mass is 35.5. The van der Waals surface area contributed by atoms with Crippen molar-refractivity contribution in [1.82, 2.24) is 4.98 Å². The number of alkyl halides is 2. The summed E-state index contributed by atoms with van der Waals surface area (Å²) in [6.45, 7) is 1.44. The highest BCUT2D eigenvalue weighted by Crippen LogP contribution is 2.29. The maximum Gasteiger partial charge on any atom is 0.387 e. The van der Waals surface area contributed by atoms with Crippen molar-refractivity contribution in [3.8, 4) is 5.75 Å². The number of hydrogen-bond donors (Lipinski definition) is 2.